The van der Waals surface area contributed by atoms with Crippen molar-refractivity contribution in [1.82, 2.24) is 0 Å². The van der Waals surface area contributed by atoms with Gasteiger partial charge in [-0.05, 0) is 11.1 Å². The average molecular weight is 296 g/mol. The van der Waals surface area contributed by atoms with Crippen molar-refractivity contribution in [3.8, 4) is 0 Å². The van der Waals surface area contributed by atoms with Crippen LogP contribution in [0.3, 0.4) is 0 Å². The molecule has 0 radical (unpaired) electrons. The maximum absolute atomic E-state index is 5.81. The number of nitrogens with zero attached hydrogens (tertiary/aromatic N) is 1. The minimum Gasteiger partial charge on any atom is -1.00 e. The van der Waals surface area contributed by atoms with Crippen molar-refractivity contribution in [2.45, 2.75) is 12.6 Å². The quantitative estimate of drug-likeness (QED) is 0.530. The number of aliphatic imine (C=N–C) groups is 1. The van der Waals surface area contributed by atoms with Gasteiger partial charge in [0.15, 0.2) is 0 Å². The van der Waals surface area contributed by atoms with Crippen molar-refractivity contribution < 1.29 is 16.8 Å². The summed E-state index contributed by atoms with van der Waals surface area (Å²) in [4.78, 5) is 4.81. The molecule has 0 saturated carbocycles. The standard InChI is InChI=1S/C18H14NO.ClH/c1-2-6-13(7-3-1)17-18-16(10-11-20-18)15-9-5-4-8-14(15)12-19-17;/h1-11,18H,12H2;1H/q+1;/p-1. The molecule has 4 rings (SSSR count). The third kappa shape index (κ3) is 2.32. The van der Waals surface area contributed by atoms with E-state index in [4.69, 9.17) is 9.42 Å². The molecule has 1 atom stereocenters. The molecule has 0 fully saturated rings. The van der Waals surface area contributed by atoms with Gasteiger partial charge in [-0.25, -0.2) is 4.42 Å². The Bertz CT molecular complexity index is 747. The Morgan fingerprint density at radius 3 is 2.57 bits per heavy atom. The minimum atomic E-state index is -0.0824. The van der Waals surface area contributed by atoms with E-state index < -0.39 is 0 Å². The van der Waals surface area contributed by atoms with Crippen LogP contribution in [0.5, 0.6) is 0 Å². The fourth-order valence-electron chi connectivity index (χ4n) is 2.84. The van der Waals surface area contributed by atoms with Gasteiger partial charge in [0.05, 0.1) is 12.1 Å². The van der Waals surface area contributed by atoms with Gasteiger partial charge in [-0.15, -0.1) is 0 Å². The van der Waals surface area contributed by atoms with Gasteiger partial charge >= 0.3 is 12.4 Å². The number of rotatable bonds is 1. The van der Waals surface area contributed by atoms with E-state index in [-0.39, 0.29) is 18.5 Å². The van der Waals surface area contributed by atoms with Crippen LogP contribution in [0.15, 0.2) is 65.7 Å². The molecule has 2 aliphatic rings. The van der Waals surface area contributed by atoms with Crippen LogP contribution >= 0.6 is 0 Å². The summed E-state index contributed by atoms with van der Waals surface area (Å²) in [6, 6.07) is 18.7. The molecule has 0 aliphatic carbocycles. The third-order valence-electron chi connectivity index (χ3n) is 3.81. The summed E-state index contributed by atoms with van der Waals surface area (Å²) < 4.78 is 5.81. The van der Waals surface area contributed by atoms with Crippen molar-refractivity contribution in [1.29, 1.82) is 0 Å². The monoisotopic (exact) mass is 295 g/mol. The highest BCUT2D eigenvalue weighted by atomic mass is 35.5. The fourth-order valence-corrected chi connectivity index (χ4v) is 2.84. The molecule has 2 heterocycles. The summed E-state index contributed by atoms with van der Waals surface area (Å²) in [6.07, 6.45) is 3.76. The molecular formula is C18H14ClNO. The highest BCUT2D eigenvalue weighted by Gasteiger charge is 2.37. The molecule has 0 N–H and O–H groups in total. The van der Waals surface area contributed by atoms with Gasteiger partial charge in [-0.2, -0.15) is 0 Å². The van der Waals surface area contributed by atoms with Crippen molar-refractivity contribution in [2.75, 3.05) is 0 Å². The van der Waals surface area contributed by atoms with Crippen LogP contribution in [0.2, 0.25) is 0 Å². The molecule has 0 amide bonds. The number of aldehydes is 1. The van der Waals surface area contributed by atoms with Crippen molar-refractivity contribution >= 4 is 17.6 Å². The molecule has 2 aromatic carbocycles. The van der Waals surface area contributed by atoms with Crippen molar-refractivity contribution in [3.63, 3.8) is 0 Å². The zero-order valence-electron chi connectivity index (χ0n) is 11.4. The number of hydrogen-bond donors (Lipinski definition) is 0. The molecule has 0 saturated heterocycles. The molecule has 3 heteroatoms. The molecule has 2 nitrogen and oxygen atoms in total. The van der Waals surface area contributed by atoms with Crippen molar-refractivity contribution in [2.24, 2.45) is 4.99 Å². The van der Waals surface area contributed by atoms with Gasteiger partial charge in [-0.1, -0.05) is 54.6 Å². The lowest BCUT2D eigenvalue weighted by Gasteiger charge is -2.07. The number of carbonyl (C=O) groups excluding carboxylic acids is 1. The first-order valence-electron chi connectivity index (χ1n) is 6.80. The Morgan fingerprint density at radius 1 is 0.952 bits per heavy atom. The van der Waals surface area contributed by atoms with Gasteiger partial charge < -0.3 is 12.4 Å². The Morgan fingerprint density at radius 2 is 1.71 bits per heavy atom. The number of halogens is 1. The molecule has 1 unspecified atom stereocenters. The lowest BCUT2D eigenvalue weighted by molar-refractivity contribution is -0.455. The van der Waals surface area contributed by atoms with E-state index in [1.165, 1.54) is 16.7 Å². The van der Waals surface area contributed by atoms with Gasteiger partial charge in [0.25, 0.3) is 0 Å². The lowest BCUT2D eigenvalue weighted by Crippen LogP contribution is -3.00. The second-order valence-electron chi connectivity index (χ2n) is 5.00. The Hall–Kier alpha value is -2.19. The van der Waals surface area contributed by atoms with Gasteiger partial charge in [-0.3, -0.25) is 4.99 Å². The Kier molecular flexibility index (Phi) is 3.72. The van der Waals surface area contributed by atoms with Crippen LogP contribution in [-0.4, -0.2) is 18.1 Å². The zero-order valence-corrected chi connectivity index (χ0v) is 12.1. The van der Waals surface area contributed by atoms with Crippen LogP contribution in [0.1, 0.15) is 16.7 Å². The molecule has 2 aromatic rings. The van der Waals surface area contributed by atoms with E-state index >= 15 is 0 Å². The lowest BCUT2D eigenvalue weighted by atomic mass is 9.93. The first-order chi connectivity index (χ1) is 9.93. The van der Waals surface area contributed by atoms with Crippen LogP contribution in [0.25, 0.3) is 5.57 Å². The number of hydrogen-bond acceptors (Lipinski definition) is 1. The molecule has 21 heavy (non-hydrogen) atoms. The molecule has 104 valence electrons. The van der Waals surface area contributed by atoms with Crippen molar-refractivity contribution in [3.05, 3.63) is 77.4 Å². The third-order valence-corrected chi connectivity index (χ3v) is 3.81. The first kappa shape index (κ1) is 13.8. The second kappa shape index (κ2) is 5.66. The van der Waals surface area contributed by atoms with Gasteiger partial charge in [0, 0.05) is 11.6 Å². The maximum atomic E-state index is 5.81. The highest BCUT2D eigenvalue weighted by molar-refractivity contribution is 6.13. The number of fused-ring (bicyclic) bond motifs is 3. The Labute approximate surface area is 130 Å². The van der Waals surface area contributed by atoms with E-state index in [1.54, 1.807) is 6.29 Å². The normalized spacial score (nSPS) is 18.8. The second-order valence-corrected chi connectivity index (χ2v) is 5.00. The zero-order chi connectivity index (χ0) is 13.4. The van der Waals surface area contributed by atoms with E-state index in [2.05, 4.69) is 42.5 Å². The van der Waals surface area contributed by atoms with E-state index in [0.29, 0.717) is 6.54 Å². The van der Waals surface area contributed by atoms with Crippen LogP contribution in [-0.2, 0) is 11.0 Å². The van der Waals surface area contributed by atoms with E-state index in [0.717, 1.165) is 11.3 Å². The summed E-state index contributed by atoms with van der Waals surface area (Å²) >= 11 is 0. The van der Waals surface area contributed by atoms with Crippen LogP contribution in [0.4, 0.5) is 0 Å². The van der Waals surface area contributed by atoms with Gasteiger partial charge in [0.2, 0.25) is 0 Å². The maximum Gasteiger partial charge on any atom is 0.339 e. The number of allylic oxidation sites excluding steroid dienone is 1. The smallest absolute Gasteiger partial charge is 0.339 e. The molecule has 0 bridgehead atoms. The minimum absolute atomic E-state index is 0. The largest absolute Gasteiger partial charge is 1.00 e. The molecular weight excluding hydrogens is 282 g/mol. The first-order valence-corrected chi connectivity index (χ1v) is 6.80. The summed E-state index contributed by atoms with van der Waals surface area (Å²) in [5.41, 5.74) is 5.86. The van der Waals surface area contributed by atoms with Gasteiger partial charge in [0.1, 0.15) is 5.71 Å². The van der Waals surface area contributed by atoms with E-state index in [1.807, 2.05) is 18.2 Å². The number of benzene rings is 2. The predicted octanol–water partition coefficient (Wildman–Crippen LogP) is 0.194. The van der Waals surface area contributed by atoms with Crippen LogP contribution < -0.4 is 12.4 Å². The molecule has 2 aliphatic heterocycles. The SMILES string of the molecule is C1=[O+]C2C(=C1)c1ccccc1CN=C2c1ccccc1.[Cl-]. The topological polar surface area (TPSA) is 23.7 Å². The summed E-state index contributed by atoms with van der Waals surface area (Å²) in [5.74, 6) is 0. The Balaban J connectivity index is 0.00000132. The van der Waals surface area contributed by atoms with E-state index in [9.17, 15) is 0 Å². The fraction of sp³-hybridized carbons (Fsp3) is 0.111. The summed E-state index contributed by atoms with van der Waals surface area (Å²) in [7, 11) is 0. The average Bonchev–Trinajstić information content (AvgIpc) is 2.93. The molecule has 0 spiro atoms. The summed E-state index contributed by atoms with van der Waals surface area (Å²) in [5, 5.41) is 0. The molecule has 0 aromatic heterocycles. The van der Waals surface area contributed by atoms with Crippen LogP contribution in [0, 0.1) is 0 Å². The summed E-state index contributed by atoms with van der Waals surface area (Å²) in [6.45, 7) is 0.706. The highest BCUT2D eigenvalue weighted by Crippen LogP contribution is 2.31. The predicted molar refractivity (Wildman–Crippen MR) is 81.0 cm³/mol.